The first kappa shape index (κ1) is 28.5. The summed E-state index contributed by atoms with van der Waals surface area (Å²) in [4.78, 5) is 28.1. The molecule has 0 saturated carbocycles. The van der Waals surface area contributed by atoms with E-state index in [1.54, 1.807) is 0 Å². The lowest BCUT2D eigenvalue weighted by molar-refractivity contribution is -0.120. The van der Waals surface area contributed by atoms with Gasteiger partial charge in [0.2, 0.25) is 5.82 Å². The number of carbonyl (C=O) groups is 1. The van der Waals surface area contributed by atoms with Gasteiger partial charge in [0.15, 0.2) is 0 Å². The number of rotatable bonds is 8. The number of anilines is 1. The molecule has 2 N–H and O–H groups in total. The molecule has 2 fully saturated rings. The number of likely N-dealkylation sites (tertiary alicyclic amines) is 1. The molecule has 2 aromatic rings. The van der Waals surface area contributed by atoms with Crippen LogP contribution in [0.3, 0.4) is 0 Å². The van der Waals surface area contributed by atoms with Gasteiger partial charge < -0.3 is 24.5 Å². The van der Waals surface area contributed by atoms with Crippen molar-refractivity contribution in [2.45, 2.75) is 70.1 Å². The van der Waals surface area contributed by atoms with Crippen molar-refractivity contribution in [2.24, 2.45) is 0 Å². The fourth-order valence-corrected chi connectivity index (χ4v) is 6.34. The third-order valence-corrected chi connectivity index (χ3v) is 8.86. The second-order valence-electron chi connectivity index (χ2n) is 11.5. The molecule has 2 unspecified atom stereocenters. The average Bonchev–Trinajstić information content (AvgIpc) is 3.47. The number of allylic oxidation sites excluding steroid dienone is 2. The molecule has 9 heteroatoms. The molecule has 2 atom stereocenters. The van der Waals surface area contributed by atoms with Gasteiger partial charge in [0.05, 0.1) is 31.6 Å². The normalized spacial score (nSPS) is 26.2. The summed E-state index contributed by atoms with van der Waals surface area (Å²) < 4.78 is 12.5. The van der Waals surface area contributed by atoms with E-state index in [0.717, 1.165) is 76.2 Å². The van der Waals surface area contributed by atoms with Gasteiger partial charge in [-0.2, -0.15) is 0 Å². The number of morpholine rings is 1. The smallest absolute Gasteiger partial charge is 0.314 e. The van der Waals surface area contributed by atoms with Crippen LogP contribution in [0.25, 0.3) is 10.4 Å². The van der Waals surface area contributed by atoms with E-state index in [-0.39, 0.29) is 17.5 Å². The third kappa shape index (κ3) is 6.31. The van der Waals surface area contributed by atoms with Crippen molar-refractivity contribution in [1.82, 2.24) is 19.8 Å². The van der Waals surface area contributed by atoms with Crippen molar-refractivity contribution in [3.63, 3.8) is 0 Å². The largest absolute Gasteiger partial charge is 0.379 e. The molecule has 5 rings (SSSR count). The molecule has 40 heavy (non-hydrogen) atoms. The Morgan fingerprint density at radius 1 is 1.25 bits per heavy atom. The molecule has 0 bridgehead atoms. The molecule has 1 aromatic carbocycles. The number of piperidine rings is 1. The molecule has 1 amide bonds. The van der Waals surface area contributed by atoms with Gasteiger partial charge in [0.1, 0.15) is 0 Å². The Hall–Kier alpha value is -3.03. The number of carbonyl (C=O) groups excluding carboxylic acids is 1. The van der Waals surface area contributed by atoms with Crippen LogP contribution >= 0.6 is 0 Å². The van der Waals surface area contributed by atoms with Crippen molar-refractivity contribution >= 4 is 23.0 Å². The van der Waals surface area contributed by atoms with Crippen molar-refractivity contribution in [1.29, 1.82) is 0 Å². The first-order chi connectivity index (χ1) is 19.4. The molecule has 9 nitrogen and oxygen atoms in total. The van der Waals surface area contributed by atoms with Gasteiger partial charge in [-0.05, 0) is 82.7 Å². The molecule has 1 aromatic heterocycles. The number of hydrogen-bond acceptors (Lipinski definition) is 6. The third-order valence-electron chi connectivity index (χ3n) is 8.86. The SMILES string of the molecule is [C-]#[N+]c1cnc(C(=O)Nc2ccc(C3(OCCN4CCOCC4)CC(C)N(C)C(C)C3)cc2C2=CCCCC2)[nH]1. The van der Waals surface area contributed by atoms with Crippen LogP contribution in [0.5, 0.6) is 0 Å². The summed E-state index contributed by atoms with van der Waals surface area (Å²) in [5.41, 5.74) is 3.85. The van der Waals surface area contributed by atoms with E-state index in [1.165, 1.54) is 23.8 Å². The molecule has 0 radical (unpaired) electrons. The zero-order valence-electron chi connectivity index (χ0n) is 24.0. The van der Waals surface area contributed by atoms with Crippen molar-refractivity contribution in [3.8, 4) is 0 Å². The van der Waals surface area contributed by atoms with Gasteiger partial charge in [-0.3, -0.25) is 14.7 Å². The number of nitrogens with zero attached hydrogens (tertiary/aromatic N) is 4. The minimum Gasteiger partial charge on any atom is -0.379 e. The average molecular weight is 547 g/mol. The number of hydrogen-bond donors (Lipinski definition) is 2. The predicted molar refractivity (Wildman–Crippen MR) is 156 cm³/mol. The van der Waals surface area contributed by atoms with Gasteiger partial charge in [-0.15, -0.1) is 0 Å². The lowest BCUT2D eigenvalue weighted by Crippen LogP contribution is -2.52. The highest BCUT2D eigenvalue weighted by Crippen LogP contribution is 2.44. The minimum atomic E-state index is -0.407. The van der Waals surface area contributed by atoms with E-state index >= 15 is 0 Å². The number of ether oxygens (including phenoxy) is 2. The molecule has 3 aliphatic rings. The highest BCUT2D eigenvalue weighted by atomic mass is 16.5. The van der Waals surface area contributed by atoms with Crippen LogP contribution < -0.4 is 5.32 Å². The van der Waals surface area contributed by atoms with Gasteiger partial charge >= 0.3 is 5.91 Å². The van der Waals surface area contributed by atoms with Crippen LogP contribution in [0.2, 0.25) is 0 Å². The number of amides is 1. The molecular formula is C31H42N6O3. The second-order valence-corrected chi connectivity index (χ2v) is 11.5. The minimum absolute atomic E-state index is 0.138. The van der Waals surface area contributed by atoms with Crippen molar-refractivity contribution in [2.75, 3.05) is 51.8 Å². The van der Waals surface area contributed by atoms with E-state index in [9.17, 15) is 4.79 Å². The van der Waals surface area contributed by atoms with Gasteiger partial charge in [-0.25, -0.2) is 4.98 Å². The number of nitrogens with one attached hydrogen (secondary N) is 2. The maximum atomic E-state index is 13.1. The Bertz CT molecular complexity index is 1250. The summed E-state index contributed by atoms with van der Waals surface area (Å²) in [5, 5.41) is 3.07. The highest BCUT2D eigenvalue weighted by molar-refractivity contribution is 6.03. The highest BCUT2D eigenvalue weighted by Gasteiger charge is 2.43. The van der Waals surface area contributed by atoms with E-state index < -0.39 is 5.60 Å². The summed E-state index contributed by atoms with van der Waals surface area (Å²) >= 11 is 0. The van der Waals surface area contributed by atoms with E-state index in [4.69, 9.17) is 16.0 Å². The fourth-order valence-electron chi connectivity index (χ4n) is 6.34. The molecular weight excluding hydrogens is 504 g/mol. The Morgan fingerprint density at radius 2 is 2.02 bits per heavy atom. The van der Waals surface area contributed by atoms with E-state index in [2.05, 4.69) is 69.0 Å². The molecule has 1 aliphatic carbocycles. The summed E-state index contributed by atoms with van der Waals surface area (Å²) in [6.45, 7) is 16.8. The van der Waals surface area contributed by atoms with E-state index in [0.29, 0.717) is 18.7 Å². The summed E-state index contributed by atoms with van der Waals surface area (Å²) in [6, 6.07) is 7.17. The summed E-state index contributed by atoms with van der Waals surface area (Å²) in [7, 11) is 2.21. The lowest BCUT2D eigenvalue weighted by Gasteiger charge is -2.48. The first-order valence-electron chi connectivity index (χ1n) is 14.6. The van der Waals surface area contributed by atoms with Gasteiger partial charge in [0, 0.05) is 43.0 Å². The molecule has 3 heterocycles. The number of aromatic nitrogens is 2. The van der Waals surface area contributed by atoms with Gasteiger partial charge in [-0.1, -0.05) is 18.7 Å². The predicted octanol–water partition coefficient (Wildman–Crippen LogP) is 5.22. The van der Waals surface area contributed by atoms with E-state index in [1.807, 2.05) is 6.07 Å². The van der Waals surface area contributed by atoms with Gasteiger partial charge in [0.25, 0.3) is 5.82 Å². The standard InChI is InChI=1S/C31H42N6O3/c1-22-19-31(20-23(2)36(22)4,40-17-14-37-12-15-39-16-13-37)25-10-11-27(26(18-25)24-8-6-5-7-9-24)34-30(38)29-33-21-28(32-3)35-29/h8,10-11,18,21-23H,5-7,9,12-17,19-20H2,1-2,4H3,(H,33,35)(H,34,38). The summed E-state index contributed by atoms with van der Waals surface area (Å²) in [6.07, 6.45) is 9.86. The van der Waals surface area contributed by atoms with Crippen LogP contribution in [0, 0.1) is 6.57 Å². The Balaban J connectivity index is 1.46. The number of H-pyrrole nitrogens is 1. The molecule has 0 spiro atoms. The number of benzene rings is 1. The van der Waals surface area contributed by atoms with Crippen LogP contribution in [-0.4, -0.2) is 84.3 Å². The summed E-state index contributed by atoms with van der Waals surface area (Å²) in [5.74, 6) is 0.0373. The zero-order valence-corrected chi connectivity index (χ0v) is 24.0. The van der Waals surface area contributed by atoms with Crippen LogP contribution in [-0.2, 0) is 15.1 Å². The zero-order chi connectivity index (χ0) is 28.1. The second kappa shape index (κ2) is 12.6. The lowest BCUT2D eigenvalue weighted by atomic mass is 9.77. The van der Waals surface area contributed by atoms with Crippen LogP contribution in [0.1, 0.15) is 74.1 Å². The fraction of sp³-hybridized carbons (Fsp3) is 0.581. The van der Waals surface area contributed by atoms with Crippen LogP contribution in [0.15, 0.2) is 30.5 Å². The Kier molecular flexibility index (Phi) is 9.01. The quantitative estimate of drug-likeness (QED) is 0.442. The molecule has 214 valence electrons. The number of imidazole rings is 1. The first-order valence-corrected chi connectivity index (χ1v) is 14.6. The van der Waals surface area contributed by atoms with Crippen molar-refractivity contribution in [3.05, 3.63) is 58.8 Å². The van der Waals surface area contributed by atoms with Crippen LogP contribution in [0.4, 0.5) is 11.5 Å². The maximum Gasteiger partial charge on any atom is 0.314 e. The molecule has 2 aliphatic heterocycles. The Labute approximate surface area is 237 Å². The maximum absolute atomic E-state index is 13.1. The topological polar surface area (TPSA) is 87.1 Å². The Morgan fingerprint density at radius 3 is 2.70 bits per heavy atom. The number of aromatic amines is 1. The molecule has 2 saturated heterocycles. The van der Waals surface area contributed by atoms with Crippen molar-refractivity contribution < 1.29 is 14.3 Å². The monoisotopic (exact) mass is 546 g/mol.